The van der Waals surface area contributed by atoms with Crippen molar-refractivity contribution < 1.29 is 16.5 Å². The van der Waals surface area contributed by atoms with Gasteiger partial charge in [0.05, 0.1) is 11.4 Å². The van der Waals surface area contributed by atoms with Gasteiger partial charge in [-0.3, -0.25) is 0 Å². The molecule has 6 nitrogen and oxygen atoms in total. The fraction of sp³-hybridized carbons (Fsp3) is 0.600. The molecule has 0 atom stereocenters. The molecule has 0 spiro atoms. The van der Waals surface area contributed by atoms with E-state index >= 15 is 0 Å². The molecule has 0 N–H and O–H groups in total. The Labute approximate surface area is 135 Å². The predicted molar refractivity (Wildman–Crippen MR) is 83.2 cm³/mol. The molecule has 0 aliphatic heterocycles. The number of rotatable bonds is 3. The van der Waals surface area contributed by atoms with Crippen molar-refractivity contribution >= 4 is 47.0 Å². The maximum Gasteiger partial charge on any atom is 2.00 e. The van der Waals surface area contributed by atoms with Crippen LogP contribution in [0.3, 0.4) is 0 Å². The van der Waals surface area contributed by atoms with Crippen LogP contribution in [0.25, 0.3) is 0 Å². The van der Waals surface area contributed by atoms with E-state index < -0.39 is 0 Å². The average molecular weight is 345 g/mol. The molecule has 0 fully saturated rings. The number of hydrogen-bond donors (Lipinski definition) is 0. The molecule has 0 rings (SSSR count). The van der Waals surface area contributed by atoms with E-state index in [-0.39, 0.29) is 16.5 Å². The summed E-state index contributed by atoms with van der Waals surface area (Å²) in [6.07, 6.45) is 0. The van der Waals surface area contributed by atoms with E-state index in [1.54, 1.807) is 23.6 Å². The first-order chi connectivity index (χ1) is 8.25. The van der Waals surface area contributed by atoms with Crippen LogP contribution in [-0.4, -0.2) is 59.7 Å². The SMILES string of the molecule is CC(=N\N=C(/[S-])N(C)C)/C(C)=N/N=C(\[S-])N(C)C.[Ni+2]. The van der Waals surface area contributed by atoms with Crippen molar-refractivity contribution in [2.45, 2.75) is 13.8 Å². The molecule has 0 aromatic rings. The zero-order valence-corrected chi connectivity index (χ0v) is 14.4. The summed E-state index contributed by atoms with van der Waals surface area (Å²) in [6, 6.07) is 0. The molecule has 0 aliphatic rings. The largest absolute Gasteiger partial charge is 2.00 e. The summed E-state index contributed by atoms with van der Waals surface area (Å²) in [5.74, 6) is 0. The zero-order valence-electron chi connectivity index (χ0n) is 11.8. The molecule has 0 radical (unpaired) electrons. The van der Waals surface area contributed by atoms with Gasteiger partial charge in [0.1, 0.15) is 0 Å². The summed E-state index contributed by atoms with van der Waals surface area (Å²) in [4.78, 5) is 3.40. The summed E-state index contributed by atoms with van der Waals surface area (Å²) >= 11 is 9.97. The second-order valence-corrected chi connectivity index (χ2v) is 4.66. The van der Waals surface area contributed by atoms with Gasteiger partial charge in [0.2, 0.25) is 0 Å². The Balaban J connectivity index is 0. The Kier molecular flexibility index (Phi) is 10.9. The first-order valence-corrected chi connectivity index (χ1v) is 6.01. The molecule has 19 heavy (non-hydrogen) atoms. The van der Waals surface area contributed by atoms with E-state index in [1.165, 1.54) is 0 Å². The van der Waals surface area contributed by atoms with Crippen LogP contribution in [0.2, 0.25) is 0 Å². The van der Waals surface area contributed by atoms with E-state index in [1.807, 2.05) is 28.2 Å². The second kappa shape index (κ2) is 10.1. The van der Waals surface area contributed by atoms with Gasteiger partial charge in [-0.15, -0.1) is 0 Å². The molecule has 110 valence electrons. The van der Waals surface area contributed by atoms with E-state index in [0.29, 0.717) is 21.8 Å². The third-order valence-electron chi connectivity index (χ3n) is 1.86. The van der Waals surface area contributed by atoms with E-state index in [4.69, 9.17) is 25.3 Å². The summed E-state index contributed by atoms with van der Waals surface area (Å²) in [6.45, 7) is 3.57. The van der Waals surface area contributed by atoms with Gasteiger partial charge < -0.3 is 35.1 Å². The van der Waals surface area contributed by atoms with Gasteiger partial charge in [0.15, 0.2) is 0 Å². The van der Waals surface area contributed by atoms with Crippen LogP contribution >= 0.6 is 0 Å². The summed E-state index contributed by atoms with van der Waals surface area (Å²) in [5, 5.41) is 16.5. The topological polar surface area (TPSA) is 55.9 Å². The summed E-state index contributed by atoms with van der Waals surface area (Å²) in [7, 11) is 7.23. The Bertz CT molecular complexity index is 363. The minimum absolute atomic E-state index is 0. The van der Waals surface area contributed by atoms with Crippen molar-refractivity contribution in [1.82, 2.24) is 9.80 Å². The normalized spacial score (nSPS) is 14.0. The van der Waals surface area contributed by atoms with Gasteiger partial charge in [0.25, 0.3) is 0 Å². The number of nitrogens with zero attached hydrogens (tertiary/aromatic N) is 6. The minimum atomic E-state index is 0. The van der Waals surface area contributed by atoms with Gasteiger partial charge in [0, 0.05) is 38.5 Å². The molecule has 0 aromatic heterocycles. The third-order valence-corrected chi connectivity index (χ3v) is 2.75. The molecule has 0 saturated heterocycles. The minimum Gasteiger partial charge on any atom is -0.741 e. The van der Waals surface area contributed by atoms with Crippen molar-refractivity contribution in [1.29, 1.82) is 0 Å². The second-order valence-electron chi connectivity index (χ2n) is 3.92. The van der Waals surface area contributed by atoms with Crippen LogP contribution in [0.5, 0.6) is 0 Å². The van der Waals surface area contributed by atoms with Gasteiger partial charge in [-0.25, -0.2) is 0 Å². The molecular weight excluding hydrogens is 327 g/mol. The summed E-state index contributed by atoms with van der Waals surface area (Å²) in [5.41, 5.74) is 1.29. The van der Waals surface area contributed by atoms with Gasteiger partial charge in [-0.2, -0.15) is 20.4 Å². The van der Waals surface area contributed by atoms with Crippen molar-refractivity contribution in [2.75, 3.05) is 28.2 Å². The molecular formula is C10H18N6NiS2. The molecule has 0 heterocycles. The number of hydrogen-bond acceptors (Lipinski definition) is 6. The Morgan fingerprint density at radius 1 is 0.684 bits per heavy atom. The first-order valence-electron chi connectivity index (χ1n) is 5.19. The monoisotopic (exact) mass is 344 g/mol. The summed E-state index contributed by atoms with van der Waals surface area (Å²) < 4.78 is 0. The van der Waals surface area contributed by atoms with E-state index in [0.717, 1.165) is 0 Å². The van der Waals surface area contributed by atoms with Crippen LogP contribution in [0.15, 0.2) is 20.4 Å². The van der Waals surface area contributed by atoms with Crippen LogP contribution in [0.1, 0.15) is 13.8 Å². The van der Waals surface area contributed by atoms with Crippen molar-refractivity contribution in [3.63, 3.8) is 0 Å². The van der Waals surface area contributed by atoms with Crippen LogP contribution in [0, 0.1) is 0 Å². The fourth-order valence-corrected chi connectivity index (χ4v) is 0.641. The van der Waals surface area contributed by atoms with Gasteiger partial charge in [-0.05, 0) is 13.8 Å². The van der Waals surface area contributed by atoms with Crippen LogP contribution < -0.4 is 0 Å². The van der Waals surface area contributed by atoms with Crippen LogP contribution in [-0.2, 0) is 41.7 Å². The molecule has 0 bridgehead atoms. The van der Waals surface area contributed by atoms with Crippen molar-refractivity contribution in [3.8, 4) is 0 Å². The Morgan fingerprint density at radius 2 is 0.947 bits per heavy atom. The van der Waals surface area contributed by atoms with E-state index in [9.17, 15) is 0 Å². The average Bonchev–Trinajstić information content (AvgIpc) is 2.31. The maximum atomic E-state index is 4.98. The fourth-order valence-electron chi connectivity index (χ4n) is 0.559. The van der Waals surface area contributed by atoms with Gasteiger partial charge in [-0.1, -0.05) is 0 Å². The standard InChI is InChI=1S/C10H20N6S2.Ni/c1-7(11-13-9(17)15(3)4)8(2)12-14-10(18)16(5)6;/h1-6H3,(H,13,17)(H,14,18);/q;+2/p-2/b11-7+,12-8+;. The predicted octanol–water partition coefficient (Wildman–Crippen LogP) is 0.665. The first kappa shape index (κ1) is 20.5. The van der Waals surface area contributed by atoms with Gasteiger partial charge >= 0.3 is 16.5 Å². The smallest absolute Gasteiger partial charge is 0.741 e. The van der Waals surface area contributed by atoms with Crippen molar-refractivity contribution in [2.24, 2.45) is 20.4 Å². The zero-order chi connectivity index (χ0) is 14.3. The third kappa shape index (κ3) is 8.85. The van der Waals surface area contributed by atoms with E-state index in [2.05, 4.69) is 20.4 Å². The molecule has 9 heteroatoms. The number of amidine groups is 2. The van der Waals surface area contributed by atoms with Crippen molar-refractivity contribution in [3.05, 3.63) is 0 Å². The molecule has 0 aromatic carbocycles. The van der Waals surface area contributed by atoms with Crippen LogP contribution in [0.4, 0.5) is 0 Å². The molecule has 0 aliphatic carbocycles. The molecule has 0 unspecified atom stereocenters. The quantitative estimate of drug-likeness (QED) is 0.248. The maximum absolute atomic E-state index is 4.98. The molecule has 0 saturated carbocycles. The molecule has 0 amide bonds. The Hall–Kier alpha value is -0.786. The Morgan fingerprint density at radius 3 is 1.16 bits per heavy atom.